The first-order chi connectivity index (χ1) is 23.3. The van der Waals surface area contributed by atoms with Crippen molar-refractivity contribution in [2.24, 2.45) is 4.99 Å². The molecular formula is C34H27N5O7S2. The van der Waals surface area contributed by atoms with Crippen LogP contribution in [0.5, 0.6) is 11.5 Å². The Morgan fingerprint density at radius 3 is 2.46 bits per heavy atom. The molecule has 3 heterocycles. The van der Waals surface area contributed by atoms with Crippen molar-refractivity contribution in [1.82, 2.24) is 14.5 Å². The molecule has 0 fully saturated rings. The van der Waals surface area contributed by atoms with E-state index < -0.39 is 22.5 Å². The minimum Gasteiger partial charge on any atom is -0.493 e. The summed E-state index contributed by atoms with van der Waals surface area (Å²) in [4.78, 5) is 53.4. The van der Waals surface area contributed by atoms with Crippen LogP contribution in [0.2, 0.25) is 0 Å². The van der Waals surface area contributed by atoms with Gasteiger partial charge in [-0.1, -0.05) is 53.8 Å². The molecule has 3 aromatic carbocycles. The summed E-state index contributed by atoms with van der Waals surface area (Å²) in [6.07, 6.45) is 4.69. The molecule has 1 atom stereocenters. The van der Waals surface area contributed by atoms with Crippen LogP contribution in [0.4, 0.5) is 5.69 Å². The average Bonchev–Trinajstić information content (AvgIpc) is 3.42. The van der Waals surface area contributed by atoms with Crippen LogP contribution in [0.25, 0.3) is 11.8 Å². The Kier molecular flexibility index (Phi) is 9.45. The van der Waals surface area contributed by atoms with E-state index in [2.05, 4.69) is 9.97 Å². The van der Waals surface area contributed by atoms with Crippen LogP contribution in [0, 0.1) is 10.1 Å². The summed E-state index contributed by atoms with van der Waals surface area (Å²) < 4.78 is 18.2. The number of methoxy groups -OCH3 is 2. The van der Waals surface area contributed by atoms with Gasteiger partial charge in [0.05, 0.1) is 52.5 Å². The third-order valence-electron chi connectivity index (χ3n) is 7.32. The fourth-order valence-corrected chi connectivity index (χ4v) is 7.02. The fraction of sp³-hybridized carbons (Fsp3) is 0.147. The maximum atomic E-state index is 14.3. The Morgan fingerprint density at radius 2 is 1.77 bits per heavy atom. The van der Waals surface area contributed by atoms with Crippen molar-refractivity contribution in [2.75, 3.05) is 20.8 Å². The van der Waals surface area contributed by atoms with Crippen LogP contribution >= 0.6 is 23.1 Å². The largest absolute Gasteiger partial charge is 0.493 e. The molecule has 0 amide bonds. The third kappa shape index (κ3) is 6.35. The number of thiazole rings is 1. The Morgan fingerprint density at radius 1 is 1.02 bits per heavy atom. The first kappa shape index (κ1) is 32.3. The second-order valence-corrected chi connectivity index (χ2v) is 12.2. The van der Waals surface area contributed by atoms with Gasteiger partial charge in [0, 0.05) is 24.0 Å². The highest BCUT2D eigenvalue weighted by Crippen LogP contribution is 2.39. The van der Waals surface area contributed by atoms with Crippen molar-refractivity contribution in [2.45, 2.75) is 23.0 Å². The monoisotopic (exact) mass is 681 g/mol. The maximum Gasteiger partial charge on any atom is 0.338 e. The number of hydrogen-bond acceptors (Lipinski definition) is 12. The third-order valence-corrected chi connectivity index (χ3v) is 9.26. The number of carbonyl (C=O) groups is 1. The molecule has 0 unspecified atom stereocenters. The number of rotatable bonds is 10. The maximum absolute atomic E-state index is 14.3. The number of nitro groups is 1. The molecule has 6 rings (SSSR count). The molecule has 14 heteroatoms. The van der Waals surface area contributed by atoms with Gasteiger partial charge in [-0.25, -0.2) is 19.8 Å². The smallest absolute Gasteiger partial charge is 0.338 e. The summed E-state index contributed by atoms with van der Waals surface area (Å²) in [6, 6.07) is 19.7. The quantitative estimate of drug-likeness (QED) is 0.0871. The first-order valence-electron chi connectivity index (χ1n) is 14.6. The van der Waals surface area contributed by atoms with Crippen LogP contribution in [0.3, 0.4) is 0 Å². The summed E-state index contributed by atoms with van der Waals surface area (Å²) in [7, 11) is 3.02. The van der Waals surface area contributed by atoms with Crippen LogP contribution in [-0.4, -0.2) is 46.3 Å². The standard InChI is InChI=1S/C34H27N5O7S2/c1-4-46-32(41)28-29(21-9-6-5-7-10-21)37-34-38(30(28)22-12-13-24(44-2)25(19-22)45-3)31(40)27(48-34)18-20-11-14-26(23(17-20)39(42)43)47-33-35-15-8-16-36-33/h5-19,30H,4H2,1-3H3/b27-18+/t30-/m0/s1. The second kappa shape index (κ2) is 14.0. The molecule has 0 bridgehead atoms. The topological polar surface area (TPSA) is 148 Å². The number of fused-ring (bicyclic) bond motifs is 1. The lowest BCUT2D eigenvalue weighted by atomic mass is 9.93. The molecule has 48 heavy (non-hydrogen) atoms. The van der Waals surface area contributed by atoms with E-state index >= 15 is 0 Å². The minimum absolute atomic E-state index is 0.108. The van der Waals surface area contributed by atoms with Gasteiger partial charge in [-0.15, -0.1) is 0 Å². The van der Waals surface area contributed by atoms with E-state index in [0.29, 0.717) is 48.7 Å². The van der Waals surface area contributed by atoms with Crippen molar-refractivity contribution in [3.63, 3.8) is 0 Å². The second-order valence-electron chi connectivity index (χ2n) is 10.2. The van der Waals surface area contributed by atoms with E-state index in [-0.39, 0.29) is 22.4 Å². The molecule has 0 N–H and O–H groups in total. The predicted octanol–water partition coefficient (Wildman–Crippen LogP) is 4.80. The highest BCUT2D eigenvalue weighted by molar-refractivity contribution is 7.99. The fourth-order valence-electron chi connectivity index (χ4n) is 5.22. The van der Waals surface area contributed by atoms with Gasteiger partial charge in [-0.05, 0) is 60.2 Å². The van der Waals surface area contributed by atoms with Gasteiger partial charge in [0.15, 0.2) is 21.5 Å². The van der Waals surface area contributed by atoms with Crippen LogP contribution in [0.1, 0.15) is 29.7 Å². The Hall–Kier alpha value is -5.60. The molecule has 0 radical (unpaired) electrons. The summed E-state index contributed by atoms with van der Waals surface area (Å²) in [5.41, 5.74) is 1.60. The highest BCUT2D eigenvalue weighted by atomic mass is 32.2. The number of nitro benzene ring substituents is 1. The molecular weight excluding hydrogens is 655 g/mol. The summed E-state index contributed by atoms with van der Waals surface area (Å²) in [5.74, 6) is 0.255. The van der Waals surface area contributed by atoms with Gasteiger partial charge < -0.3 is 14.2 Å². The van der Waals surface area contributed by atoms with Gasteiger partial charge in [-0.2, -0.15) is 0 Å². The van der Waals surface area contributed by atoms with E-state index in [4.69, 9.17) is 19.2 Å². The summed E-state index contributed by atoms with van der Waals surface area (Å²) >= 11 is 2.18. The summed E-state index contributed by atoms with van der Waals surface area (Å²) in [5, 5.41) is 12.4. The lowest BCUT2D eigenvalue weighted by Gasteiger charge is -2.26. The molecule has 1 aliphatic heterocycles. The van der Waals surface area contributed by atoms with Gasteiger partial charge in [0.2, 0.25) is 0 Å². The Labute approximate surface area is 281 Å². The molecule has 2 aromatic heterocycles. The van der Waals surface area contributed by atoms with Gasteiger partial charge >= 0.3 is 5.97 Å². The average molecular weight is 682 g/mol. The Bertz CT molecular complexity index is 2240. The zero-order valence-electron chi connectivity index (χ0n) is 25.9. The normalized spacial score (nSPS) is 14.2. The number of esters is 1. The first-order valence-corrected chi connectivity index (χ1v) is 16.2. The molecule has 0 aliphatic carbocycles. The van der Waals surface area contributed by atoms with Crippen molar-refractivity contribution < 1.29 is 23.9 Å². The van der Waals surface area contributed by atoms with E-state index in [0.717, 1.165) is 23.1 Å². The zero-order chi connectivity index (χ0) is 33.8. The number of carbonyl (C=O) groups excluding carboxylic acids is 1. The van der Waals surface area contributed by atoms with Crippen molar-refractivity contribution in [3.05, 3.63) is 137 Å². The van der Waals surface area contributed by atoms with Crippen molar-refractivity contribution in [1.29, 1.82) is 0 Å². The molecule has 1 aliphatic rings. The molecule has 5 aromatic rings. The molecule has 0 saturated heterocycles. The zero-order valence-corrected chi connectivity index (χ0v) is 27.5. The van der Waals surface area contributed by atoms with E-state index in [1.165, 1.54) is 24.9 Å². The van der Waals surface area contributed by atoms with Gasteiger partial charge in [0.1, 0.15) is 0 Å². The molecule has 0 saturated carbocycles. The number of benzene rings is 3. The van der Waals surface area contributed by atoms with Crippen LogP contribution in [-0.2, 0) is 9.53 Å². The van der Waals surface area contributed by atoms with Crippen molar-refractivity contribution >= 4 is 46.5 Å². The number of aromatic nitrogens is 3. The van der Waals surface area contributed by atoms with Crippen LogP contribution < -0.4 is 24.4 Å². The predicted molar refractivity (Wildman–Crippen MR) is 180 cm³/mol. The van der Waals surface area contributed by atoms with Crippen LogP contribution in [0.15, 0.2) is 111 Å². The minimum atomic E-state index is -0.948. The highest BCUT2D eigenvalue weighted by Gasteiger charge is 2.35. The molecule has 12 nitrogen and oxygen atoms in total. The molecule has 0 spiro atoms. The lowest BCUT2D eigenvalue weighted by molar-refractivity contribution is -0.387. The van der Waals surface area contributed by atoms with Gasteiger partial charge in [-0.3, -0.25) is 19.5 Å². The van der Waals surface area contributed by atoms with Crippen molar-refractivity contribution in [3.8, 4) is 11.5 Å². The van der Waals surface area contributed by atoms with E-state index in [1.54, 1.807) is 61.8 Å². The summed E-state index contributed by atoms with van der Waals surface area (Å²) in [6.45, 7) is 1.81. The number of ether oxygens (including phenoxy) is 3. The lowest BCUT2D eigenvalue weighted by Crippen LogP contribution is -2.40. The molecule has 242 valence electrons. The number of nitrogens with zero attached hydrogens (tertiary/aromatic N) is 5. The van der Waals surface area contributed by atoms with Gasteiger partial charge in [0.25, 0.3) is 11.2 Å². The van der Waals surface area contributed by atoms with E-state index in [1.807, 2.05) is 30.3 Å². The SMILES string of the molecule is CCOC(=O)C1=C(c2ccccc2)N=c2s/c(=C/c3ccc(Sc4ncccn4)c([N+](=O)[O-])c3)c(=O)n2[C@H]1c1ccc(OC)c(OC)c1. The Balaban J connectivity index is 1.56. The van der Waals surface area contributed by atoms with E-state index in [9.17, 15) is 19.7 Å². The number of hydrogen-bond donors (Lipinski definition) is 0.